The highest BCUT2D eigenvalue weighted by molar-refractivity contribution is 5.82. The van der Waals surface area contributed by atoms with Gasteiger partial charge >= 0.3 is 0 Å². The van der Waals surface area contributed by atoms with Gasteiger partial charge in [0, 0.05) is 39.5 Å². The lowest BCUT2D eigenvalue weighted by Crippen LogP contribution is -2.87. The van der Waals surface area contributed by atoms with Gasteiger partial charge in [-0.05, 0) is 161 Å². The number of para-hydroxylation sites is 2. The Kier molecular flexibility index (Phi) is 7.85. The Balaban J connectivity index is 0.795. The van der Waals surface area contributed by atoms with Gasteiger partial charge in [-0.25, -0.2) is 0 Å². The topological polar surface area (TPSA) is 6.48 Å². The van der Waals surface area contributed by atoms with Crippen LogP contribution in [-0.2, 0) is 5.41 Å². The second kappa shape index (κ2) is 13.5. The maximum absolute atomic E-state index is 2.47. The number of anilines is 6. The SMILES string of the molecule is c1ccc(-c2ccc(N(c3ccccc3)c3ccc(-c4ccc(N(c5ccccc5)c5ccc(-c6ccc(C78CC9CC%10CC(C7)C%1098)cc6)cc5)cc4)cc3)cc2)cc1. The van der Waals surface area contributed by atoms with Crippen LogP contribution in [0.2, 0.25) is 0 Å². The zero-order chi connectivity index (χ0) is 39.0. The molecule has 0 aliphatic heterocycles. The van der Waals surface area contributed by atoms with Gasteiger partial charge in [-0.15, -0.1) is 0 Å². The van der Waals surface area contributed by atoms with Gasteiger partial charge in [0.2, 0.25) is 0 Å². The van der Waals surface area contributed by atoms with E-state index in [1.54, 1.807) is 5.56 Å². The molecule has 12 rings (SSSR count). The Hall–Kier alpha value is -6.64. The first-order chi connectivity index (χ1) is 29.2. The number of benzene rings is 8. The molecule has 0 amide bonds. The lowest BCUT2D eigenvalue weighted by atomic mass is 9.12. The molecule has 59 heavy (non-hydrogen) atoms. The van der Waals surface area contributed by atoms with Crippen LogP contribution in [-0.4, -0.2) is 0 Å². The highest BCUT2D eigenvalue weighted by Crippen LogP contribution is 2.92. The summed E-state index contributed by atoms with van der Waals surface area (Å²) in [5, 5.41) is 0. The largest absolute Gasteiger partial charge is 0.311 e. The van der Waals surface area contributed by atoms with Gasteiger partial charge in [0.1, 0.15) is 0 Å². The summed E-state index contributed by atoms with van der Waals surface area (Å²) in [6.07, 6.45) is 5.91. The Bertz CT molecular complexity index is 2720. The summed E-state index contributed by atoms with van der Waals surface area (Å²) < 4.78 is 0. The molecular formula is C57H46N2. The molecule has 4 aliphatic carbocycles. The van der Waals surface area contributed by atoms with Gasteiger partial charge in [0.25, 0.3) is 0 Å². The van der Waals surface area contributed by atoms with Gasteiger partial charge < -0.3 is 9.80 Å². The van der Waals surface area contributed by atoms with E-state index in [4.69, 9.17) is 0 Å². The molecule has 0 saturated heterocycles. The maximum atomic E-state index is 2.47. The number of hydrogen-bond donors (Lipinski definition) is 0. The van der Waals surface area contributed by atoms with Crippen molar-refractivity contribution in [2.24, 2.45) is 23.2 Å². The standard InChI is InChI=1S/C57H46N2/c1-4-10-40(11-5-1)42-18-28-52(29-19-42)58(50-12-6-2-7-13-50)54-32-22-44(23-33-54)45-24-34-55(35-25-45)59(51-14-8-3-9-15-51)53-30-20-43(21-31-53)41-16-26-46(27-17-41)56-38-48-36-47-37-49(39-56)57(47,48)56/h1-35,47-49H,36-39H2. The monoisotopic (exact) mass is 758 g/mol. The van der Waals surface area contributed by atoms with Crippen LogP contribution in [0.5, 0.6) is 0 Å². The fourth-order valence-corrected chi connectivity index (χ4v) is 12.3. The lowest BCUT2D eigenvalue weighted by Gasteiger charge is -2.91. The molecule has 4 aliphatic rings. The summed E-state index contributed by atoms with van der Waals surface area (Å²) in [5.41, 5.74) is 17.0. The van der Waals surface area contributed by atoms with Crippen LogP contribution in [0.25, 0.3) is 33.4 Å². The lowest BCUT2D eigenvalue weighted by molar-refractivity contribution is -0.395. The normalized spacial score (nSPS) is 22.9. The second-order valence-corrected chi connectivity index (χ2v) is 17.5. The van der Waals surface area contributed by atoms with Crippen molar-refractivity contribution < 1.29 is 0 Å². The molecule has 8 aromatic carbocycles. The third kappa shape index (κ3) is 5.25. The average Bonchev–Trinajstić information content (AvgIpc) is 3.28. The maximum Gasteiger partial charge on any atom is 0.0462 e. The average molecular weight is 759 g/mol. The van der Waals surface area contributed by atoms with Gasteiger partial charge in [-0.2, -0.15) is 0 Å². The predicted molar refractivity (Wildman–Crippen MR) is 245 cm³/mol. The van der Waals surface area contributed by atoms with E-state index in [0.29, 0.717) is 5.41 Å². The van der Waals surface area contributed by atoms with Crippen LogP contribution < -0.4 is 9.80 Å². The Morgan fingerprint density at radius 3 is 0.898 bits per heavy atom. The van der Waals surface area contributed by atoms with Gasteiger partial charge in [0.05, 0.1) is 0 Å². The molecular weight excluding hydrogens is 713 g/mol. The van der Waals surface area contributed by atoms with Crippen LogP contribution in [0.3, 0.4) is 0 Å². The third-order valence-electron chi connectivity index (χ3n) is 14.9. The Morgan fingerprint density at radius 2 is 0.576 bits per heavy atom. The molecule has 0 bridgehead atoms. The third-order valence-corrected chi connectivity index (χ3v) is 14.9. The Morgan fingerprint density at radius 1 is 0.288 bits per heavy atom. The quantitative estimate of drug-likeness (QED) is 0.137. The van der Waals surface area contributed by atoms with Gasteiger partial charge in [-0.1, -0.05) is 140 Å². The predicted octanol–water partition coefficient (Wildman–Crippen LogP) is 15.3. The molecule has 8 aromatic rings. The zero-order valence-electron chi connectivity index (χ0n) is 33.2. The minimum absolute atomic E-state index is 0.515. The van der Waals surface area contributed by atoms with Crippen molar-refractivity contribution in [1.82, 2.24) is 0 Å². The molecule has 0 aromatic heterocycles. The smallest absolute Gasteiger partial charge is 0.0462 e. The van der Waals surface area contributed by atoms with Crippen molar-refractivity contribution in [3.8, 4) is 33.4 Å². The summed E-state index contributed by atoms with van der Waals surface area (Å²) in [6.45, 7) is 0. The van der Waals surface area contributed by atoms with E-state index in [2.05, 4.69) is 222 Å². The van der Waals surface area contributed by atoms with Crippen molar-refractivity contribution in [1.29, 1.82) is 0 Å². The number of hydrogen-bond acceptors (Lipinski definition) is 2. The van der Waals surface area contributed by atoms with Crippen molar-refractivity contribution in [2.45, 2.75) is 31.1 Å². The van der Waals surface area contributed by atoms with Crippen molar-refractivity contribution in [2.75, 3.05) is 9.80 Å². The molecule has 0 N–H and O–H groups in total. The van der Waals surface area contributed by atoms with E-state index in [-0.39, 0.29) is 0 Å². The highest BCUT2D eigenvalue weighted by atomic mass is 15.1. The second-order valence-electron chi connectivity index (χ2n) is 17.5. The Labute approximate surface area is 348 Å². The van der Waals surface area contributed by atoms with E-state index in [1.165, 1.54) is 59.1 Å². The molecule has 0 radical (unpaired) electrons. The molecule has 4 fully saturated rings. The molecule has 2 atom stereocenters. The number of rotatable bonds is 10. The summed E-state index contributed by atoms with van der Waals surface area (Å²) >= 11 is 0. The van der Waals surface area contributed by atoms with Crippen LogP contribution in [0.1, 0.15) is 31.2 Å². The van der Waals surface area contributed by atoms with Crippen LogP contribution >= 0.6 is 0 Å². The molecule has 2 nitrogen and oxygen atoms in total. The minimum Gasteiger partial charge on any atom is -0.311 e. The molecule has 4 saturated carbocycles. The summed E-state index contributed by atoms with van der Waals surface area (Å²) in [6, 6.07) is 77.5. The zero-order valence-corrected chi connectivity index (χ0v) is 33.2. The van der Waals surface area contributed by atoms with E-state index in [9.17, 15) is 0 Å². The first-order valence-electron chi connectivity index (χ1n) is 21.5. The van der Waals surface area contributed by atoms with E-state index in [0.717, 1.165) is 57.3 Å². The molecule has 284 valence electrons. The van der Waals surface area contributed by atoms with Gasteiger partial charge in [0.15, 0.2) is 0 Å². The van der Waals surface area contributed by atoms with Gasteiger partial charge in [-0.3, -0.25) is 0 Å². The summed E-state index contributed by atoms with van der Waals surface area (Å²) in [4.78, 5) is 4.68. The first-order valence-corrected chi connectivity index (χ1v) is 21.5. The molecule has 0 heterocycles. The summed E-state index contributed by atoms with van der Waals surface area (Å²) in [5.74, 6) is 3.11. The highest BCUT2D eigenvalue weighted by Gasteiger charge is 2.87. The molecule has 2 heteroatoms. The van der Waals surface area contributed by atoms with Crippen LogP contribution in [0.4, 0.5) is 34.1 Å². The fourth-order valence-electron chi connectivity index (χ4n) is 12.3. The molecule has 1 spiro atoms. The minimum atomic E-state index is 0.515. The summed E-state index contributed by atoms with van der Waals surface area (Å²) in [7, 11) is 0. The van der Waals surface area contributed by atoms with E-state index < -0.39 is 0 Å². The first kappa shape index (κ1) is 34.4. The van der Waals surface area contributed by atoms with E-state index in [1.807, 2.05) is 0 Å². The van der Waals surface area contributed by atoms with Crippen LogP contribution in [0.15, 0.2) is 212 Å². The van der Waals surface area contributed by atoms with E-state index >= 15 is 0 Å². The van der Waals surface area contributed by atoms with Crippen molar-refractivity contribution in [3.05, 3.63) is 218 Å². The van der Waals surface area contributed by atoms with Crippen molar-refractivity contribution >= 4 is 34.1 Å². The van der Waals surface area contributed by atoms with Crippen molar-refractivity contribution in [3.63, 3.8) is 0 Å². The molecule has 2 unspecified atom stereocenters. The number of nitrogens with zero attached hydrogens (tertiary/aromatic N) is 2. The van der Waals surface area contributed by atoms with Crippen LogP contribution in [0, 0.1) is 23.2 Å². The fraction of sp³-hybridized carbons (Fsp3) is 0.158.